The van der Waals surface area contributed by atoms with Crippen molar-refractivity contribution in [2.75, 3.05) is 33.2 Å². The topological polar surface area (TPSA) is 78.7 Å². The number of aromatic nitrogens is 2. The summed E-state index contributed by atoms with van der Waals surface area (Å²) >= 11 is 0. The van der Waals surface area contributed by atoms with Gasteiger partial charge in [0.2, 0.25) is 0 Å². The lowest BCUT2D eigenvalue weighted by molar-refractivity contribution is 0.0498. The molecule has 31 heavy (non-hydrogen) atoms. The first-order valence-electron chi connectivity index (χ1n) is 11.4. The number of likely N-dealkylation sites (tertiary alicyclic amines) is 1. The molecule has 2 amide bonds. The maximum Gasteiger partial charge on any atom is 0.274 e. The van der Waals surface area contributed by atoms with Crippen molar-refractivity contribution < 1.29 is 9.59 Å². The van der Waals surface area contributed by atoms with Crippen LogP contribution < -0.4 is 10.6 Å². The van der Waals surface area contributed by atoms with Crippen molar-refractivity contribution in [1.82, 2.24) is 24.9 Å². The molecule has 3 aliphatic rings. The Morgan fingerprint density at radius 2 is 2.16 bits per heavy atom. The van der Waals surface area contributed by atoms with Crippen LogP contribution in [-0.4, -0.2) is 59.3 Å². The lowest BCUT2D eigenvalue weighted by Gasteiger charge is -2.42. The van der Waals surface area contributed by atoms with Gasteiger partial charge in [0.25, 0.3) is 11.8 Å². The van der Waals surface area contributed by atoms with Crippen molar-refractivity contribution in [2.24, 2.45) is 17.3 Å². The summed E-state index contributed by atoms with van der Waals surface area (Å²) in [5, 5.41) is 6.34. The van der Waals surface area contributed by atoms with Crippen LogP contribution in [0.1, 0.15) is 53.1 Å². The number of nitrogens with zero attached hydrogens (tertiary/aromatic N) is 3. The van der Waals surface area contributed by atoms with Crippen LogP contribution >= 0.6 is 0 Å². The molecule has 7 heteroatoms. The smallest absolute Gasteiger partial charge is 0.274 e. The number of rotatable bonds is 6. The zero-order valence-corrected chi connectivity index (χ0v) is 18.1. The van der Waals surface area contributed by atoms with Crippen LogP contribution in [-0.2, 0) is 0 Å². The third kappa shape index (κ3) is 3.87. The average Bonchev–Trinajstić information content (AvgIpc) is 3.18. The quantitative estimate of drug-likeness (QED) is 0.703. The Bertz CT molecular complexity index is 1020. The van der Waals surface area contributed by atoms with E-state index in [9.17, 15) is 9.59 Å². The van der Waals surface area contributed by atoms with Gasteiger partial charge in [-0.3, -0.25) is 14.0 Å². The van der Waals surface area contributed by atoms with Crippen LogP contribution in [0, 0.1) is 17.3 Å². The lowest BCUT2D eigenvalue weighted by Crippen LogP contribution is -2.53. The second-order valence-electron chi connectivity index (χ2n) is 9.57. The molecule has 1 saturated carbocycles. The highest BCUT2D eigenvalue weighted by atomic mass is 16.2. The van der Waals surface area contributed by atoms with Crippen molar-refractivity contribution in [3.05, 3.63) is 47.9 Å². The van der Waals surface area contributed by atoms with E-state index >= 15 is 0 Å². The Labute approximate surface area is 182 Å². The van der Waals surface area contributed by atoms with E-state index in [-0.39, 0.29) is 17.2 Å². The van der Waals surface area contributed by atoms with Gasteiger partial charge in [-0.1, -0.05) is 24.6 Å². The van der Waals surface area contributed by atoms with Crippen molar-refractivity contribution in [3.63, 3.8) is 0 Å². The summed E-state index contributed by atoms with van der Waals surface area (Å²) in [7, 11) is 1.93. The van der Waals surface area contributed by atoms with E-state index in [4.69, 9.17) is 0 Å². The number of pyridine rings is 1. The molecule has 0 aromatic carbocycles. The highest BCUT2D eigenvalue weighted by molar-refractivity contribution is 5.96. The Morgan fingerprint density at radius 1 is 1.29 bits per heavy atom. The maximum atomic E-state index is 13.1. The third-order valence-corrected chi connectivity index (χ3v) is 7.24. The fraction of sp³-hybridized carbons (Fsp3) is 0.542. The van der Waals surface area contributed by atoms with Crippen LogP contribution in [0.2, 0.25) is 0 Å². The largest absolute Gasteiger partial charge is 0.350 e. The minimum atomic E-state index is -0.105. The van der Waals surface area contributed by atoms with Gasteiger partial charge in [0.15, 0.2) is 0 Å². The highest BCUT2D eigenvalue weighted by Crippen LogP contribution is 2.45. The van der Waals surface area contributed by atoms with E-state index in [2.05, 4.69) is 27.8 Å². The van der Waals surface area contributed by atoms with Crippen LogP contribution in [0.15, 0.2) is 36.5 Å². The van der Waals surface area contributed by atoms with Gasteiger partial charge in [0.1, 0.15) is 17.0 Å². The average molecular weight is 422 g/mol. The Morgan fingerprint density at radius 3 is 3.00 bits per heavy atom. The number of carbonyl (C=O) groups is 2. The predicted molar refractivity (Wildman–Crippen MR) is 119 cm³/mol. The van der Waals surface area contributed by atoms with Gasteiger partial charge in [-0.2, -0.15) is 0 Å². The number of amides is 2. The number of nitrogens with one attached hydrogen (secondary N) is 2. The molecular weight excluding hydrogens is 390 g/mol. The lowest BCUT2D eigenvalue weighted by atomic mass is 9.65. The molecule has 2 atom stereocenters. The minimum absolute atomic E-state index is 0.0662. The molecule has 2 N–H and O–H groups in total. The molecule has 0 spiro atoms. The molecule has 2 aliphatic carbocycles. The van der Waals surface area contributed by atoms with Crippen LogP contribution in [0.3, 0.4) is 0 Å². The fourth-order valence-corrected chi connectivity index (χ4v) is 5.57. The van der Waals surface area contributed by atoms with Gasteiger partial charge in [-0.25, -0.2) is 4.98 Å². The molecule has 164 valence electrons. The minimum Gasteiger partial charge on any atom is -0.350 e. The zero-order valence-electron chi connectivity index (χ0n) is 18.1. The fourth-order valence-electron chi connectivity index (χ4n) is 5.57. The number of imidazole rings is 1. The van der Waals surface area contributed by atoms with Crippen molar-refractivity contribution in [3.8, 4) is 0 Å². The van der Waals surface area contributed by atoms with Crippen molar-refractivity contribution in [1.29, 1.82) is 0 Å². The first-order valence-corrected chi connectivity index (χ1v) is 11.4. The molecule has 2 fully saturated rings. The first kappa shape index (κ1) is 20.2. The van der Waals surface area contributed by atoms with Gasteiger partial charge < -0.3 is 15.5 Å². The SMILES string of the molecule is CNCC1CN(C(=O)c2cn3c(C(=O)NCC45CC=CC(CCC4)C5)cccc3n2)C1. The molecule has 7 nitrogen and oxygen atoms in total. The summed E-state index contributed by atoms with van der Waals surface area (Å²) in [6.45, 7) is 3.11. The third-order valence-electron chi connectivity index (χ3n) is 7.24. The van der Waals surface area contributed by atoms with Gasteiger partial charge >= 0.3 is 0 Å². The zero-order chi connectivity index (χ0) is 21.4. The van der Waals surface area contributed by atoms with Crippen molar-refractivity contribution in [2.45, 2.75) is 32.1 Å². The van der Waals surface area contributed by atoms with E-state index < -0.39 is 0 Å². The standard InChI is InChI=1S/C24H31N5O2/c1-25-12-18-13-28(14-18)23(31)19-15-29-20(7-2-8-21(29)27-19)22(30)26-16-24-9-3-5-17(11-24)6-4-10-24/h2-3,5,7-8,15,17-18,25H,4,6,9-14,16H2,1H3,(H,26,30). The highest BCUT2D eigenvalue weighted by Gasteiger charge is 2.37. The van der Waals surface area contributed by atoms with E-state index in [1.54, 1.807) is 16.7 Å². The van der Waals surface area contributed by atoms with E-state index in [0.717, 1.165) is 26.1 Å². The van der Waals surface area contributed by atoms with Gasteiger partial charge in [-0.05, 0) is 56.2 Å². The monoisotopic (exact) mass is 421 g/mol. The Hall–Kier alpha value is -2.67. The molecule has 2 aromatic rings. The summed E-state index contributed by atoms with van der Waals surface area (Å²) in [6.07, 6.45) is 12.2. The second kappa shape index (κ2) is 8.11. The summed E-state index contributed by atoms with van der Waals surface area (Å²) in [6, 6.07) is 5.47. The van der Waals surface area contributed by atoms with E-state index in [1.165, 1.54) is 25.7 Å². The first-order chi connectivity index (χ1) is 15.1. The number of fused-ring (bicyclic) bond motifs is 3. The molecule has 2 bridgehead atoms. The second-order valence-corrected chi connectivity index (χ2v) is 9.57. The maximum absolute atomic E-state index is 13.1. The number of allylic oxidation sites excluding steroid dienone is 2. The Kier molecular flexibility index (Phi) is 5.30. The number of hydrogen-bond donors (Lipinski definition) is 2. The van der Waals surface area contributed by atoms with E-state index in [1.807, 2.05) is 24.1 Å². The summed E-state index contributed by atoms with van der Waals surface area (Å²) in [5.41, 5.74) is 1.74. The summed E-state index contributed by atoms with van der Waals surface area (Å²) < 4.78 is 1.75. The van der Waals surface area contributed by atoms with Gasteiger partial charge in [0.05, 0.1) is 0 Å². The van der Waals surface area contributed by atoms with Crippen LogP contribution in [0.5, 0.6) is 0 Å². The van der Waals surface area contributed by atoms with Gasteiger partial charge in [-0.15, -0.1) is 0 Å². The van der Waals surface area contributed by atoms with Crippen molar-refractivity contribution >= 4 is 17.5 Å². The molecule has 0 radical (unpaired) electrons. The summed E-state index contributed by atoms with van der Waals surface area (Å²) in [4.78, 5) is 32.2. The Balaban J connectivity index is 1.29. The molecule has 1 saturated heterocycles. The number of hydrogen-bond acceptors (Lipinski definition) is 4. The summed E-state index contributed by atoms with van der Waals surface area (Å²) in [5.74, 6) is 0.995. The van der Waals surface area contributed by atoms with E-state index in [0.29, 0.717) is 35.4 Å². The predicted octanol–water partition coefficient (Wildman–Crippen LogP) is 2.49. The van der Waals surface area contributed by atoms with Crippen LogP contribution in [0.4, 0.5) is 0 Å². The molecular formula is C24H31N5O2. The normalized spacial score (nSPS) is 25.5. The van der Waals surface area contributed by atoms with Crippen LogP contribution in [0.25, 0.3) is 5.65 Å². The molecule has 3 heterocycles. The molecule has 1 aliphatic heterocycles. The molecule has 5 rings (SSSR count). The number of carbonyl (C=O) groups excluding carboxylic acids is 2. The molecule has 2 aromatic heterocycles. The molecule has 2 unspecified atom stereocenters. The van der Waals surface area contributed by atoms with Gasteiger partial charge in [0, 0.05) is 38.3 Å².